The van der Waals surface area contributed by atoms with Gasteiger partial charge in [-0.25, -0.2) is 0 Å². The van der Waals surface area contributed by atoms with Crippen molar-refractivity contribution in [3.8, 4) is 0 Å². The number of likely N-dealkylation sites (tertiary alicyclic amines) is 1. The topological polar surface area (TPSA) is 58.6 Å². The molecule has 0 radical (unpaired) electrons. The molecule has 124 valence electrons. The highest BCUT2D eigenvalue weighted by Crippen LogP contribution is 2.29. The summed E-state index contributed by atoms with van der Waals surface area (Å²) >= 11 is 0. The molecule has 0 aromatic heterocycles. The van der Waals surface area contributed by atoms with E-state index in [-0.39, 0.29) is 24.0 Å². The van der Waals surface area contributed by atoms with E-state index in [1.54, 1.807) is 0 Å². The van der Waals surface area contributed by atoms with E-state index >= 15 is 0 Å². The Morgan fingerprint density at radius 1 is 1.35 bits per heavy atom. The average Bonchev–Trinajstić information content (AvgIpc) is 3.03. The van der Waals surface area contributed by atoms with Crippen molar-refractivity contribution in [1.82, 2.24) is 10.2 Å². The molecule has 2 heterocycles. The number of hydrogen-bond donors (Lipinski definition) is 1. The molecule has 23 heavy (non-hydrogen) atoms. The molecule has 1 fully saturated rings. The number of ether oxygens (including phenoxy) is 1. The van der Waals surface area contributed by atoms with Crippen LogP contribution in [0.2, 0.25) is 0 Å². The molecule has 5 nitrogen and oxygen atoms in total. The van der Waals surface area contributed by atoms with Crippen molar-refractivity contribution in [2.24, 2.45) is 0 Å². The van der Waals surface area contributed by atoms with Crippen LogP contribution in [0.25, 0.3) is 0 Å². The third-order valence-electron chi connectivity index (χ3n) is 4.67. The van der Waals surface area contributed by atoms with Crippen molar-refractivity contribution in [2.75, 3.05) is 19.7 Å². The molecule has 1 aromatic rings. The zero-order valence-electron chi connectivity index (χ0n) is 13.6. The van der Waals surface area contributed by atoms with Crippen LogP contribution in [0.5, 0.6) is 0 Å². The standard InChI is InChI=1S/C18H24N2O3/c1-2-18(22)20-9-7-14(12-20)19-17(21)11-16-15-6-4-3-5-13(15)8-10-23-16/h3-6,14,16H,2,7-12H2,1H3,(H,19,21). The number of carbonyl (C=O) groups is 2. The molecular weight excluding hydrogens is 292 g/mol. The van der Waals surface area contributed by atoms with Gasteiger partial charge in [-0.05, 0) is 24.0 Å². The minimum Gasteiger partial charge on any atom is -0.373 e. The fourth-order valence-electron chi connectivity index (χ4n) is 3.43. The molecule has 0 bridgehead atoms. The first-order valence-corrected chi connectivity index (χ1v) is 8.44. The van der Waals surface area contributed by atoms with Crippen LogP contribution in [0.3, 0.4) is 0 Å². The van der Waals surface area contributed by atoms with Crippen LogP contribution in [-0.4, -0.2) is 42.5 Å². The number of nitrogens with one attached hydrogen (secondary N) is 1. The van der Waals surface area contributed by atoms with Gasteiger partial charge in [-0.3, -0.25) is 9.59 Å². The minimum absolute atomic E-state index is 0.00232. The Kier molecular flexibility index (Phi) is 4.96. The van der Waals surface area contributed by atoms with Gasteiger partial charge >= 0.3 is 0 Å². The summed E-state index contributed by atoms with van der Waals surface area (Å²) in [4.78, 5) is 25.9. The number of fused-ring (bicyclic) bond motifs is 1. The highest BCUT2D eigenvalue weighted by atomic mass is 16.5. The van der Waals surface area contributed by atoms with Gasteiger partial charge in [0, 0.05) is 25.6 Å². The first-order valence-electron chi connectivity index (χ1n) is 8.44. The number of rotatable bonds is 4. The van der Waals surface area contributed by atoms with Gasteiger partial charge in [0.15, 0.2) is 0 Å². The molecule has 2 unspecified atom stereocenters. The number of benzene rings is 1. The summed E-state index contributed by atoms with van der Waals surface area (Å²) in [5.74, 6) is 0.161. The summed E-state index contributed by atoms with van der Waals surface area (Å²) in [5, 5.41) is 3.05. The second-order valence-corrected chi connectivity index (χ2v) is 6.26. The monoisotopic (exact) mass is 316 g/mol. The lowest BCUT2D eigenvalue weighted by atomic mass is 9.95. The van der Waals surface area contributed by atoms with Gasteiger partial charge in [0.1, 0.15) is 0 Å². The molecule has 0 spiro atoms. The molecule has 2 atom stereocenters. The quantitative estimate of drug-likeness (QED) is 0.922. The molecule has 2 aliphatic heterocycles. The van der Waals surface area contributed by atoms with Crippen molar-refractivity contribution in [2.45, 2.75) is 44.8 Å². The van der Waals surface area contributed by atoms with Crippen LogP contribution in [0, 0.1) is 0 Å². The van der Waals surface area contributed by atoms with Crippen LogP contribution in [0.15, 0.2) is 24.3 Å². The Hall–Kier alpha value is -1.88. The fourth-order valence-corrected chi connectivity index (χ4v) is 3.43. The Morgan fingerprint density at radius 2 is 2.17 bits per heavy atom. The maximum Gasteiger partial charge on any atom is 0.223 e. The van der Waals surface area contributed by atoms with Crippen molar-refractivity contribution >= 4 is 11.8 Å². The molecular formula is C18H24N2O3. The lowest BCUT2D eigenvalue weighted by molar-refractivity contribution is -0.130. The molecule has 1 aromatic carbocycles. The van der Waals surface area contributed by atoms with Crippen molar-refractivity contribution < 1.29 is 14.3 Å². The van der Waals surface area contributed by atoms with Gasteiger partial charge in [-0.1, -0.05) is 31.2 Å². The number of carbonyl (C=O) groups excluding carboxylic acids is 2. The summed E-state index contributed by atoms with van der Waals surface area (Å²) in [6.07, 6.45) is 2.45. The molecule has 5 heteroatoms. The predicted molar refractivity (Wildman–Crippen MR) is 86.9 cm³/mol. The average molecular weight is 316 g/mol. The summed E-state index contributed by atoms with van der Waals surface area (Å²) < 4.78 is 5.79. The Balaban J connectivity index is 1.54. The van der Waals surface area contributed by atoms with E-state index in [2.05, 4.69) is 11.4 Å². The fraction of sp³-hybridized carbons (Fsp3) is 0.556. The third-order valence-corrected chi connectivity index (χ3v) is 4.67. The number of hydrogen-bond acceptors (Lipinski definition) is 3. The van der Waals surface area contributed by atoms with Gasteiger partial charge in [-0.15, -0.1) is 0 Å². The van der Waals surface area contributed by atoms with E-state index in [1.807, 2.05) is 30.0 Å². The summed E-state index contributed by atoms with van der Waals surface area (Å²) in [5.41, 5.74) is 2.40. The summed E-state index contributed by atoms with van der Waals surface area (Å²) in [6, 6.07) is 8.23. The molecule has 1 N–H and O–H groups in total. The first-order chi connectivity index (χ1) is 11.2. The lowest BCUT2D eigenvalue weighted by Crippen LogP contribution is -2.39. The molecule has 3 rings (SSSR count). The summed E-state index contributed by atoms with van der Waals surface area (Å²) in [6.45, 7) is 3.89. The Morgan fingerprint density at radius 3 is 3.00 bits per heavy atom. The van der Waals surface area contributed by atoms with Crippen molar-refractivity contribution in [3.05, 3.63) is 35.4 Å². The molecule has 0 saturated carbocycles. The van der Waals surface area contributed by atoms with Gasteiger partial charge in [0.05, 0.1) is 19.1 Å². The molecule has 1 saturated heterocycles. The van der Waals surface area contributed by atoms with E-state index < -0.39 is 0 Å². The van der Waals surface area contributed by atoms with Crippen LogP contribution < -0.4 is 5.32 Å². The maximum absolute atomic E-state index is 12.3. The molecule has 2 aliphatic rings. The van der Waals surface area contributed by atoms with Crippen LogP contribution in [0.1, 0.15) is 43.4 Å². The predicted octanol–water partition coefficient (Wildman–Crippen LogP) is 1.82. The highest BCUT2D eigenvalue weighted by Gasteiger charge is 2.28. The van der Waals surface area contributed by atoms with Crippen molar-refractivity contribution in [3.63, 3.8) is 0 Å². The normalized spacial score (nSPS) is 23.4. The van der Waals surface area contributed by atoms with Gasteiger partial charge < -0.3 is 15.0 Å². The maximum atomic E-state index is 12.3. The number of amides is 2. The van der Waals surface area contributed by atoms with E-state index in [0.717, 1.165) is 24.9 Å². The summed E-state index contributed by atoms with van der Waals surface area (Å²) in [7, 11) is 0. The van der Waals surface area contributed by atoms with E-state index in [9.17, 15) is 9.59 Å². The Bertz CT molecular complexity index is 587. The van der Waals surface area contributed by atoms with Crippen LogP contribution in [0.4, 0.5) is 0 Å². The largest absolute Gasteiger partial charge is 0.373 e. The smallest absolute Gasteiger partial charge is 0.223 e. The highest BCUT2D eigenvalue weighted by molar-refractivity contribution is 5.78. The van der Waals surface area contributed by atoms with E-state index in [0.29, 0.717) is 26.0 Å². The van der Waals surface area contributed by atoms with Gasteiger partial charge in [0.25, 0.3) is 0 Å². The van der Waals surface area contributed by atoms with E-state index in [1.165, 1.54) is 5.56 Å². The SMILES string of the molecule is CCC(=O)N1CCC(NC(=O)CC2OCCc3ccccc32)C1. The van der Waals surface area contributed by atoms with Crippen LogP contribution >= 0.6 is 0 Å². The van der Waals surface area contributed by atoms with Crippen molar-refractivity contribution in [1.29, 1.82) is 0 Å². The van der Waals surface area contributed by atoms with Gasteiger partial charge in [-0.2, -0.15) is 0 Å². The minimum atomic E-state index is -0.158. The lowest BCUT2D eigenvalue weighted by Gasteiger charge is -2.26. The second-order valence-electron chi connectivity index (χ2n) is 6.26. The Labute approximate surface area is 137 Å². The first kappa shape index (κ1) is 16.0. The zero-order chi connectivity index (χ0) is 16.2. The number of nitrogens with zero attached hydrogens (tertiary/aromatic N) is 1. The van der Waals surface area contributed by atoms with Gasteiger partial charge in [0.2, 0.25) is 11.8 Å². The zero-order valence-corrected chi connectivity index (χ0v) is 13.6. The molecule has 2 amide bonds. The third kappa shape index (κ3) is 3.72. The van der Waals surface area contributed by atoms with Crippen LogP contribution in [-0.2, 0) is 20.7 Å². The molecule has 0 aliphatic carbocycles. The second kappa shape index (κ2) is 7.13. The van der Waals surface area contributed by atoms with E-state index in [4.69, 9.17) is 4.74 Å².